The molecule has 1 saturated heterocycles. The molecule has 0 bridgehead atoms. The quantitative estimate of drug-likeness (QED) is 0.576. The second kappa shape index (κ2) is 9.87. The van der Waals surface area contributed by atoms with Crippen LogP contribution < -0.4 is 4.74 Å². The first-order chi connectivity index (χ1) is 14.7. The maximum atomic E-state index is 12.5. The smallest absolute Gasteiger partial charge is 0.222 e. The van der Waals surface area contributed by atoms with Crippen LogP contribution in [0, 0.1) is 0 Å². The lowest BCUT2D eigenvalue weighted by Gasteiger charge is -2.34. The minimum atomic E-state index is 0.258. The highest BCUT2D eigenvalue weighted by Crippen LogP contribution is 2.26. The number of nitrogens with zero attached hydrogens (tertiary/aromatic N) is 3. The number of rotatable bonds is 7. The van der Waals surface area contributed by atoms with E-state index in [-0.39, 0.29) is 5.91 Å². The SMILES string of the molecule is COc1ccc(-c2nc(CN3CCN(C(=O)CCc4ccccc4)CC3)cs2)cc1. The molecule has 1 aliphatic rings. The third-order valence-electron chi connectivity index (χ3n) is 5.47. The molecule has 2 heterocycles. The lowest BCUT2D eigenvalue weighted by Crippen LogP contribution is -2.48. The van der Waals surface area contributed by atoms with E-state index in [2.05, 4.69) is 22.4 Å². The van der Waals surface area contributed by atoms with Crippen molar-refractivity contribution in [2.45, 2.75) is 19.4 Å². The van der Waals surface area contributed by atoms with Gasteiger partial charge in [-0.3, -0.25) is 9.69 Å². The number of ether oxygens (including phenoxy) is 1. The van der Waals surface area contributed by atoms with Crippen molar-refractivity contribution in [2.75, 3.05) is 33.3 Å². The lowest BCUT2D eigenvalue weighted by atomic mass is 10.1. The first kappa shape index (κ1) is 20.6. The molecule has 1 aliphatic heterocycles. The Labute approximate surface area is 181 Å². The summed E-state index contributed by atoms with van der Waals surface area (Å²) in [6.07, 6.45) is 1.40. The summed E-state index contributed by atoms with van der Waals surface area (Å²) in [5.41, 5.74) is 3.43. The zero-order chi connectivity index (χ0) is 20.8. The number of methoxy groups -OCH3 is 1. The minimum Gasteiger partial charge on any atom is -0.497 e. The Morgan fingerprint density at radius 3 is 2.47 bits per heavy atom. The number of aryl methyl sites for hydroxylation is 1. The molecular formula is C24H27N3O2S. The molecule has 1 fully saturated rings. The number of benzene rings is 2. The Morgan fingerprint density at radius 2 is 1.77 bits per heavy atom. The van der Waals surface area contributed by atoms with Gasteiger partial charge in [0.25, 0.3) is 0 Å². The van der Waals surface area contributed by atoms with Gasteiger partial charge in [-0.2, -0.15) is 0 Å². The average molecular weight is 422 g/mol. The molecule has 30 heavy (non-hydrogen) atoms. The second-order valence-electron chi connectivity index (χ2n) is 7.52. The molecule has 0 atom stereocenters. The monoisotopic (exact) mass is 421 g/mol. The van der Waals surface area contributed by atoms with Crippen LogP contribution in [0.4, 0.5) is 0 Å². The summed E-state index contributed by atoms with van der Waals surface area (Å²) in [7, 11) is 1.67. The van der Waals surface area contributed by atoms with Crippen LogP contribution in [-0.2, 0) is 17.8 Å². The van der Waals surface area contributed by atoms with E-state index in [4.69, 9.17) is 9.72 Å². The predicted molar refractivity (Wildman–Crippen MR) is 121 cm³/mol. The highest BCUT2D eigenvalue weighted by atomic mass is 32.1. The van der Waals surface area contributed by atoms with Gasteiger partial charge in [0.1, 0.15) is 10.8 Å². The van der Waals surface area contributed by atoms with Gasteiger partial charge in [0, 0.05) is 50.1 Å². The van der Waals surface area contributed by atoms with Crippen molar-refractivity contribution in [3.8, 4) is 16.3 Å². The van der Waals surface area contributed by atoms with Crippen LogP contribution in [0.15, 0.2) is 60.0 Å². The number of amides is 1. The van der Waals surface area contributed by atoms with Gasteiger partial charge >= 0.3 is 0 Å². The average Bonchev–Trinajstić information content (AvgIpc) is 3.27. The van der Waals surface area contributed by atoms with Crippen LogP contribution in [0.25, 0.3) is 10.6 Å². The van der Waals surface area contributed by atoms with E-state index >= 15 is 0 Å². The summed E-state index contributed by atoms with van der Waals surface area (Å²) in [6, 6.07) is 18.2. The van der Waals surface area contributed by atoms with Crippen LogP contribution in [0.1, 0.15) is 17.7 Å². The van der Waals surface area contributed by atoms with E-state index < -0.39 is 0 Å². The molecule has 1 amide bonds. The summed E-state index contributed by atoms with van der Waals surface area (Å²) in [5.74, 6) is 1.11. The zero-order valence-electron chi connectivity index (χ0n) is 17.3. The van der Waals surface area contributed by atoms with Crippen LogP contribution >= 0.6 is 11.3 Å². The van der Waals surface area contributed by atoms with Gasteiger partial charge in [-0.15, -0.1) is 11.3 Å². The van der Waals surface area contributed by atoms with Gasteiger partial charge in [0.2, 0.25) is 5.91 Å². The van der Waals surface area contributed by atoms with Crippen molar-refractivity contribution in [3.63, 3.8) is 0 Å². The fourth-order valence-electron chi connectivity index (χ4n) is 3.68. The van der Waals surface area contributed by atoms with Crippen LogP contribution in [0.5, 0.6) is 5.75 Å². The zero-order valence-corrected chi connectivity index (χ0v) is 18.1. The van der Waals surface area contributed by atoms with E-state index in [9.17, 15) is 4.79 Å². The first-order valence-corrected chi connectivity index (χ1v) is 11.2. The third kappa shape index (κ3) is 5.26. The summed E-state index contributed by atoms with van der Waals surface area (Å²) < 4.78 is 5.22. The van der Waals surface area contributed by atoms with Crippen molar-refractivity contribution in [1.29, 1.82) is 0 Å². The number of carbonyl (C=O) groups excluding carboxylic acids is 1. The number of aromatic nitrogens is 1. The molecule has 0 radical (unpaired) electrons. The Balaban J connectivity index is 1.24. The van der Waals surface area contributed by atoms with Crippen molar-refractivity contribution in [1.82, 2.24) is 14.8 Å². The Kier molecular flexibility index (Phi) is 6.77. The Morgan fingerprint density at radius 1 is 1.03 bits per heavy atom. The molecule has 0 spiro atoms. The van der Waals surface area contributed by atoms with Crippen molar-refractivity contribution in [2.24, 2.45) is 0 Å². The molecular weight excluding hydrogens is 394 g/mol. The normalized spacial score (nSPS) is 14.6. The molecule has 5 nitrogen and oxygen atoms in total. The van der Waals surface area contributed by atoms with Crippen molar-refractivity contribution >= 4 is 17.2 Å². The second-order valence-corrected chi connectivity index (χ2v) is 8.37. The number of carbonyl (C=O) groups is 1. The van der Waals surface area contributed by atoms with E-state index in [0.717, 1.165) is 61.2 Å². The van der Waals surface area contributed by atoms with Gasteiger partial charge in [-0.1, -0.05) is 30.3 Å². The first-order valence-electron chi connectivity index (χ1n) is 10.3. The molecule has 6 heteroatoms. The van der Waals surface area contributed by atoms with Crippen molar-refractivity contribution < 1.29 is 9.53 Å². The Hall–Kier alpha value is -2.70. The molecule has 1 aromatic heterocycles. The fraction of sp³-hybridized carbons (Fsp3) is 0.333. The number of hydrogen-bond donors (Lipinski definition) is 0. The highest BCUT2D eigenvalue weighted by Gasteiger charge is 2.21. The fourth-order valence-corrected chi connectivity index (χ4v) is 4.50. The van der Waals surface area contributed by atoms with Crippen LogP contribution in [0.3, 0.4) is 0 Å². The molecule has 0 N–H and O–H groups in total. The van der Waals surface area contributed by atoms with E-state index in [0.29, 0.717) is 6.42 Å². The van der Waals surface area contributed by atoms with Gasteiger partial charge in [-0.25, -0.2) is 4.98 Å². The molecule has 2 aromatic carbocycles. The van der Waals surface area contributed by atoms with E-state index in [1.807, 2.05) is 47.4 Å². The molecule has 0 unspecified atom stereocenters. The van der Waals surface area contributed by atoms with Crippen molar-refractivity contribution in [3.05, 3.63) is 71.2 Å². The summed E-state index contributed by atoms with van der Waals surface area (Å²) >= 11 is 1.67. The molecule has 0 saturated carbocycles. The van der Waals surface area contributed by atoms with Crippen LogP contribution in [0.2, 0.25) is 0 Å². The maximum absolute atomic E-state index is 12.5. The largest absolute Gasteiger partial charge is 0.497 e. The van der Waals surface area contributed by atoms with Gasteiger partial charge in [0.15, 0.2) is 0 Å². The Bertz CT molecular complexity index is 948. The van der Waals surface area contributed by atoms with E-state index in [1.54, 1.807) is 18.4 Å². The van der Waals surface area contributed by atoms with Gasteiger partial charge < -0.3 is 9.64 Å². The number of piperazine rings is 1. The highest BCUT2D eigenvalue weighted by molar-refractivity contribution is 7.13. The summed E-state index contributed by atoms with van der Waals surface area (Å²) in [5, 5.41) is 3.17. The summed E-state index contributed by atoms with van der Waals surface area (Å²) in [4.78, 5) is 21.7. The minimum absolute atomic E-state index is 0.258. The number of thiazole rings is 1. The molecule has 156 valence electrons. The van der Waals surface area contributed by atoms with Gasteiger partial charge in [-0.05, 0) is 36.2 Å². The maximum Gasteiger partial charge on any atom is 0.222 e. The van der Waals surface area contributed by atoms with Crippen LogP contribution in [-0.4, -0.2) is 54.0 Å². The lowest BCUT2D eigenvalue weighted by molar-refractivity contribution is -0.133. The molecule has 3 aromatic rings. The summed E-state index contributed by atoms with van der Waals surface area (Å²) in [6.45, 7) is 4.21. The number of hydrogen-bond acceptors (Lipinski definition) is 5. The van der Waals surface area contributed by atoms with Gasteiger partial charge in [0.05, 0.1) is 12.8 Å². The standard InChI is InChI=1S/C24H27N3O2S/c1-29-22-10-8-20(9-11-22)24-25-21(18-30-24)17-26-13-15-27(16-14-26)23(28)12-7-19-5-3-2-4-6-19/h2-6,8-11,18H,7,12-17H2,1H3. The molecule has 0 aliphatic carbocycles. The van der Waals surface area contributed by atoms with E-state index in [1.165, 1.54) is 5.56 Å². The predicted octanol–water partition coefficient (Wildman–Crippen LogP) is 4.10. The third-order valence-corrected chi connectivity index (χ3v) is 6.41. The topological polar surface area (TPSA) is 45.7 Å². The molecule has 4 rings (SSSR count).